The quantitative estimate of drug-likeness (QED) is 0.764. The highest BCUT2D eigenvalue weighted by Gasteiger charge is 2.22. The van der Waals surface area contributed by atoms with Gasteiger partial charge in [-0.15, -0.1) is 11.3 Å². The van der Waals surface area contributed by atoms with Crippen molar-refractivity contribution in [3.05, 3.63) is 16.3 Å². The summed E-state index contributed by atoms with van der Waals surface area (Å²) in [4.78, 5) is 25.5. The molecule has 18 heavy (non-hydrogen) atoms. The van der Waals surface area contributed by atoms with Crippen molar-refractivity contribution in [1.29, 1.82) is 0 Å². The van der Waals surface area contributed by atoms with Gasteiger partial charge < -0.3 is 14.4 Å². The number of esters is 1. The fourth-order valence-corrected chi connectivity index (χ4v) is 2.41. The Hall–Kier alpha value is -1.56. The number of nitrogens with zero attached hydrogens (tertiary/aromatic N) is 1. The molecule has 0 spiro atoms. The standard InChI is InChI=1S/C12H17NO4S/c1-8(12(15)17-4)7-13(2)11(14)10-9(16-3)5-6-18-10/h5-6,8H,7H2,1-4H3. The number of methoxy groups -OCH3 is 2. The van der Waals surface area contributed by atoms with Crippen LogP contribution in [0, 0.1) is 5.92 Å². The van der Waals surface area contributed by atoms with Gasteiger partial charge in [0.1, 0.15) is 10.6 Å². The first-order valence-corrected chi connectivity index (χ1v) is 6.34. The largest absolute Gasteiger partial charge is 0.495 e. The smallest absolute Gasteiger partial charge is 0.310 e. The molecule has 0 saturated carbocycles. The van der Waals surface area contributed by atoms with Crippen LogP contribution in [0.4, 0.5) is 0 Å². The molecule has 0 fully saturated rings. The molecular weight excluding hydrogens is 254 g/mol. The summed E-state index contributed by atoms with van der Waals surface area (Å²) in [6.45, 7) is 2.04. The van der Waals surface area contributed by atoms with Crippen LogP contribution in [0.25, 0.3) is 0 Å². The number of ether oxygens (including phenoxy) is 2. The first-order valence-electron chi connectivity index (χ1n) is 5.46. The van der Waals surface area contributed by atoms with Crippen LogP contribution in [0.5, 0.6) is 5.75 Å². The van der Waals surface area contributed by atoms with E-state index in [9.17, 15) is 9.59 Å². The lowest BCUT2D eigenvalue weighted by Crippen LogP contribution is -2.33. The second-order valence-electron chi connectivity index (χ2n) is 3.93. The summed E-state index contributed by atoms with van der Waals surface area (Å²) in [5.41, 5.74) is 0. The molecule has 0 aliphatic carbocycles. The molecule has 0 radical (unpaired) electrons. The average molecular weight is 271 g/mol. The molecular formula is C12H17NO4S. The predicted molar refractivity (Wildman–Crippen MR) is 69.0 cm³/mol. The van der Waals surface area contributed by atoms with E-state index in [1.807, 2.05) is 0 Å². The normalized spacial score (nSPS) is 11.8. The van der Waals surface area contributed by atoms with Crippen LogP contribution in [-0.2, 0) is 9.53 Å². The van der Waals surface area contributed by atoms with Gasteiger partial charge in [0.15, 0.2) is 0 Å². The molecule has 100 valence electrons. The summed E-state index contributed by atoms with van der Waals surface area (Å²) in [5.74, 6) is -0.275. The highest BCUT2D eigenvalue weighted by atomic mass is 32.1. The molecule has 0 aliphatic rings. The molecule has 1 unspecified atom stereocenters. The van der Waals surface area contributed by atoms with Gasteiger partial charge in [0, 0.05) is 13.6 Å². The SMILES string of the molecule is COC(=O)C(C)CN(C)C(=O)c1sccc1OC. The summed E-state index contributed by atoms with van der Waals surface area (Å²) in [6, 6.07) is 1.75. The average Bonchev–Trinajstić information content (AvgIpc) is 2.84. The number of thiophene rings is 1. The van der Waals surface area contributed by atoms with E-state index in [0.29, 0.717) is 17.2 Å². The fraction of sp³-hybridized carbons (Fsp3) is 0.500. The minimum atomic E-state index is -0.352. The van der Waals surface area contributed by atoms with Crippen molar-refractivity contribution in [2.75, 3.05) is 27.8 Å². The zero-order chi connectivity index (χ0) is 13.7. The molecule has 1 aromatic heterocycles. The summed E-state index contributed by atoms with van der Waals surface area (Å²) < 4.78 is 9.73. The zero-order valence-corrected chi connectivity index (χ0v) is 11.7. The fourth-order valence-electron chi connectivity index (χ4n) is 1.56. The maximum Gasteiger partial charge on any atom is 0.310 e. The van der Waals surface area contributed by atoms with E-state index < -0.39 is 0 Å². The van der Waals surface area contributed by atoms with Crippen LogP contribution in [0.15, 0.2) is 11.4 Å². The van der Waals surface area contributed by atoms with Crippen molar-refractivity contribution in [3.63, 3.8) is 0 Å². The van der Waals surface area contributed by atoms with Crippen molar-refractivity contribution >= 4 is 23.2 Å². The molecule has 1 rings (SSSR count). The highest BCUT2D eigenvalue weighted by Crippen LogP contribution is 2.25. The molecule has 1 atom stereocenters. The molecule has 0 N–H and O–H groups in total. The Morgan fingerprint density at radius 3 is 2.67 bits per heavy atom. The second-order valence-corrected chi connectivity index (χ2v) is 4.84. The Balaban J connectivity index is 2.70. The van der Waals surface area contributed by atoms with Crippen molar-refractivity contribution < 1.29 is 19.1 Å². The first kappa shape index (κ1) is 14.5. The third kappa shape index (κ3) is 3.22. The Kier molecular flexibility index (Phi) is 5.15. The number of amides is 1. The summed E-state index contributed by atoms with van der Waals surface area (Å²) >= 11 is 1.32. The Morgan fingerprint density at radius 1 is 1.44 bits per heavy atom. The lowest BCUT2D eigenvalue weighted by molar-refractivity contribution is -0.145. The van der Waals surface area contributed by atoms with Gasteiger partial charge in [-0.05, 0) is 11.4 Å². The van der Waals surface area contributed by atoms with Crippen molar-refractivity contribution in [2.45, 2.75) is 6.92 Å². The van der Waals surface area contributed by atoms with E-state index in [-0.39, 0.29) is 17.8 Å². The highest BCUT2D eigenvalue weighted by molar-refractivity contribution is 7.12. The van der Waals surface area contributed by atoms with Gasteiger partial charge in [0.25, 0.3) is 5.91 Å². The molecule has 0 aromatic carbocycles. The maximum atomic E-state index is 12.1. The van der Waals surface area contributed by atoms with Crippen LogP contribution in [0.2, 0.25) is 0 Å². The molecule has 0 saturated heterocycles. The number of carbonyl (C=O) groups is 2. The number of hydrogen-bond donors (Lipinski definition) is 0. The lowest BCUT2D eigenvalue weighted by Gasteiger charge is -2.20. The van der Waals surface area contributed by atoms with Crippen molar-refractivity contribution in [2.24, 2.45) is 5.92 Å². The third-order valence-electron chi connectivity index (χ3n) is 2.54. The maximum absolute atomic E-state index is 12.1. The Bertz CT molecular complexity index is 429. The molecule has 5 nitrogen and oxygen atoms in total. The summed E-state index contributed by atoms with van der Waals surface area (Å²) in [6.07, 6.45) is 0. The van der Waals surface area contributed by atoms with Crippen LogP contribution >= 0.6 is 11.3 Å². The number of hydrogen-bond acceptors (Lipinski definition) is 5. The van der Waals surface area contributed by atoms with E-state index >= 15 is 0 Å². The molecule has 1 heterocycles. The van der Waals surface area contributed by atoms with Gasteiger partial charge in [-0.2, -0.15) is 0 Å². The number of rotatable bonds is 5. The van der Waals surface area contributed by atoms with Crippen LogP contribution < -0.4 is 4.74 Å². The van der Waals surface area contributed by atoms with Crippen LogP contribution in [-0.4, -0.2) is 44.6 Å². The van der Waals surface area contributed by atoms with Gasteiger partial charge in [-0.1, -0.05) is 6.92 Å². The van der Waals surface area contributed by atoms with Gasteiger partial charge in [-0.25, -0.2) is 0 Å². The van der Waals surface area contributed by atoms with Gasteiger partial charge in [0.2, 0.25) is 0 Å². The third-order valence-corrected chi connectivity index (χ3v) is 3.42. The van der Waals surface area contributed by atoms with Gasteiger partial charge in [0.05, 0.1) is 20.1 Å². The molecule has 1 amide bonds. The van der Waals surface area contributed by atoms with E-state index in [4.69, 9.17) is 4.74 Å². The van der Waals surface area contributed by atoms with E-state index in [2.05, 4.69) is 4.74 Å². The summed E-state index contributed by atoms with van der Waals surface area (Å²) in [7, 11) is 4.51. The van der Waals surface area contributed by atoms with Crippen LogP contribution in [0.3, 0.4) is 0 Å². The monoisotopic (exact) mass is 271 g/mol. The zero-order valence-electron chi connectivity index (χ0n) is 10.9. The predicted octanol–water partition coefficient (Wildman–Crippen LogP) is 1.64. The van der Waals surface area contributed by atoms with Crippen molar-refractivity contribution in [1.82, 2.24) is 4.90 Å². The van der Waals surface area contributed by atoms with E-state index in [1.165, 1.54) is 30.5 Å². The van der Waals surface area contributed by atoms with E-state index in [0.717, 1.165) is 0 Å². The Morgan fingerprint density at radius 2 is 2.11 bits per heavy atom. The van der Waals surface area contributed by atoms with Crippen LogP contribution in [0.1, 0.15) is 16.6 Å². The molecule has 0 aliphatic heterocycles. The molecule has 1 aromatic rings. The molecule has 0 bridgehead atoms. The second kappa shape index (κ2) is 6.39. The van der Waals surface area contributed by atoms with Gasteiger partial charge in [-0.3, -0.25) is 9.59 Å². The van der Waals surface area contributed by atoms with Gasteiger partial charge >= 0.3 is 5.97 Å². The minimum Gasteiger partial charge on any atom is -0.495 e. The summed E-state index contributed by atoms with van der Waals surface area (Å²) in [5, 5.41) is 1.80. The molecule has 6 heteroatoms. The lowest BCUT2D eigenvalue weighted by atomic mass is 10.1. The minimum absolute atomic E-state index is 0.155. The number of carbonyl (C=O) groups excluding carboxylic acids is 2. The first-order chi connectivity index (χ1) is 8.51. The Labute approximate surface area is 110 Å². The van der Waals surface area contributed by atoms with E-state index in [1.54, 1.807) is 25.4 Å². The van der Waals surface area contributed by atoms with Crippen molar-refractivity contribution in [3.8, 4) is 5.75 Å². The topological polar surface area (TPSA) is 55.8 Å².